The molecule has 2 aromatic heterocycles. The Balaban J connectivity index is 2.05. The van der Waals surface area contributed by atoms with E-state index >= 15 is 0 Å². The van der Waals surface area contributed by atoms with E-state index in [0.717, 1.165) is 24.0 Å². The van der Waals surface area contributed by atoms with E-state index in [1.54, 1.807) is 0 Å². The maximum Gasteiger partial charge on any atom is 0.332 e. The zero-order valence-corrected chi connectivity index (χ0v) is 16.6. The number of rotatable bonds is 9. The van der Waals surface area contributed by atoms with E-state index in [9.17, 15) is 24.9 Å². The fraction of sp³-hybridized carbons (Fsp3) is 0.722. The Kier molecular flexibility index (Phi) is 6.73. The normalized spacial score (nSPS) is 24.4. The van der Waals surface area contributed by atoms with Gasteiger partial charge in [-0.05, 0) is 12.8 Å². The Hall–Kier alpha value is -2.21. The van der Waals surface area contributed by atoms with Crippen molar-refractivity contribution in [3.05, 3.63) is 27.2 Å². The molecule has 162 valence electrons. The van der Waals surface area contributed by atoms with Crippen LogP contribution in [0.1, 0.15) is 39.5 Å². The Morgan fingerprint density at radius 1 is 1.10 bits per heavy atom. The number of imidazole rings is 1. The molecule has 0 spiro atoms. The lowest BCUT2D eigenvalue weighted by Gasteiger charge is -2.17. The van der Waals surface area contributed by atoms with E-state index in [-0.39, 0.29) is 17.7 Å². The van der Waals surface area contributed by atoms with Crippen LogP contribution in [0.25, 0.3) is 11.2 Å². The van der Waals surface area contributed by atoms with Gasteiger partial charge in [0, 0.05) is 13.1 Å². The minimum absolute atomic E-state index is 0.0505. The highest BCUT2D eigenvalue weighted by Crippen LogP contribution is 2.21. The Morgan fingerprint density at radius 2 is 1.76 bits per heavy atom. The number of aliphatic hydroxyl groups excluding tert-OH is 3. The lowest BCUT2D eigenvalue weighted by Crippen LogP contribution is -2.42. The average molecular weight is 412 g/mol. The van der Waals surface area contributed by atoms with Crippen molar-refractivity contribution in [2.45, 2.75) is 77.2 Å². The molecule has 0 amide bonds. The van der Waals surface area contributed by atoms with Crippen molar-refractivity contribution in [1.29, 1.82) is 0 Å². The number of fused-ring (bicyclic) bond motifs is 1. The van der Waals surface area contributed by atoms with Gasteiger partial charge in [0.1, 0.15) is 24.6 Å². The number of nitrogens with zero attached hydrogens (tertiary/aromatic N) is 4. The Morgan fingerprint density at radius 3 is 2.34 bits per heavy atom. The first-order valence-corrected chi connectivity index (χ1v) is 9.94. The summed E-state index contributed by atoms with van der Waals surface area (Å²) in [6.07, 6.45) is -0.748. The zero-order valence-electron chi connectivity index (χ0n) is 16.6. The highest BCUT2D eigenvalue weighted by Gasteiger charge is 2.44. The largest absolute Gasteiger partial charge is 0.394 e. The molecule has 0 radical (unpaired) electrons. The van der Waals surface area contributed by atoms with E-state index in [4.69, 9.17) is 9.57 Å². The van der Waals surface area contributed by atoms with Crippen molar-refractivity contribution in [3.8, 4) is 0 Å². The monoisotopic (exact) mass is 412 g/mol. The number of unbranched alkanes of at least 4 members (excludes halogenated alkanes) is 2. The first kappa shape index (κ1) is 21.5. The molecule has 0 bridgehead atoms. The molecule has 1 aliphatic rings. The van der Waals surface area contributed by atoms with Crippen molar-refractivity contribution in [1.82, 2.24) is 18.8 Å². The number of aryl methyl sites for hydroxylation is 1. The van der Waals surface area contributed by atoms with Crippen LogP contribution in [-0.2, 0) is 17.8 Å². The SMILES string of the molecule is CCCCn1c(=O)c2c(ncn2O[C@H]2O[C@H](CO)[C@@H](O)[C@H]2O)n(CCCC)c1=O. The van der Waals surface area contributed by atoms with Crippen molar-refractivity contribution < 1.29 is 24.9 Å². The third-order valence-electron chi connectivity index (χ3n) is 5.07. The highest BCUT2D eigenvalue weighted by atomic mass is 16.8. The van der Waals surface area contributed by atoms with Gasteiger partial charge in [-0.1, -0.05) is 26.7 Å². The molecule has 3 N–H and O–H groups in total. The van der Waals surface area contributed by atoms with Crippen molar-refractivity contribution in [3.63, 3.8) is 0 Å². The zero-order chi connectivity index (χ0) is 21.1. The first-order valence-electron chi connectivity index (χ1n) is 9.94. The summed E-state index contributed by atoms with van der Waals surface area (Å²) in [5.74, 6) is 0. The van der Waals surface area contributed by atoms with Crippen LogP contribution in [0, 0.1) is 0 Å². The quantitative estimate of drug-likeness (QED) is 0.468. The van der Waals surface area contributed by atoms with Gasteiger partial charge in [0.25, 0.3) is 11.8 Å². The molecule has 11 nitrogen and oxygen atoms in total. The summed E-state index contributed by atoms with van der Waals surface area (Å²) in [4.78, 5) is 35.6. The molecule has 0 unspecified atom stereocenters. The van der Waals surface area contributed by atoms with Crippen LogP contribution in [0.4, 0.5) is 0 Å². The second-order valence-corrected chi connectivity index (χ2v) is 7.15. The molecule has 0 saturated carbocycles. The minimum atomic E-state index is -1.42. The molecule has 2 aromatic rings. The molecule has 3 rings (SSSR count). The maximum absolute atomic E-state index is 13.0. The van der Waals surface area contributed by atoms with Crippen LogP contribution < -0.4 is 16.1 Å². The van der Waals surface area contributed by atoms with Gasteiger partial charge in [-0.3, -0.25) is 13.9 Å². The lowest BCUT2D eigenvalue weighted by molar-refractivity contribution is -0.168. The number of aliphatic hydroxyl groups is 3. The van der Waals surface area contributed by atoms with Crippen LogP contribution in [-0.4, -0.2) is 65.4 Å². The summed E-state index contributed by atoms with van der Waals surface area (Å²) in [7, 11) is 0. The first-order chi connectivity index (χ1) is 13.9. The van der Waals surface area contributed by atoms with Crippen molar-refractivity contribution >= 4 is 11.2 Å². The Bertz CT molecular complexity index is 950. The van der Waals surface area contributed by atoms with Crippen molar-refractivity contribution in [2.24, 2.45) is 0 Å². The second kappa shape index (κ2) is 9.08. The smallest absolute Gasteiger partial charge is 0.332 e. The van der Waals surface area contributed by atoms with Crippen LogP contribution in [0.2, 0.25) is 0 Å². The third-order valence-corrected chi connectivity index (χ3v) is 5.07. The number of hydrogen-bond acceptors (Lipinski definition) is 8. The van der Waals surface area contributed by atoms with E-state index < -0.39 is 42.5 Å². The lowest BCUT2D eigenvalue weighted by atomic mass is 10.1. The van der Waals surface area contributed by atoms with E-state index in [1.165, 1.54) is 15.5 Å². The van der Waals surface area contributed by atoms with Gasteiger partial charge in [-0.15, -0.1) is 0 Å². The van der Waals surface area contributed by atoms with E-state index in [1.807, 2.05) is 13.8 Å². The molecule has 4 atom stereocenters. The second-order valence-electron chi connectivity index (χ2n) is 7.15. The summed E-state index contributed by atoms with van der Waals surface area (Å²) >= 11 is 0. The van der Waals surface area contributed by atoms with Crippen molar-refractivity contribution in [2.75, 3.05) is 6.61 Å². The molecule has 0 aliphatic carbocycles. The topological polar surface area (TPSA) is 141 Å². The molecule has 29 heavy (non-hydrogen) atoms. The minimum Gasteiger partial charge on any atom is -0.394 e. The highest BCUT2D eigenvalue weighted by molar-refractivity contribution is 5.69. The van der Waals surface area contributed by atoms with Gasteiger partial charge < -0.3 is 24.9 Å². The predicted molar refractivity (Wildman–Crippen MR) is 102 cm³/mol. The molecule has 1 aliphatic heterocycles. The summed E-state index contributed by atoms with van der Waals surface area (Å²) in [5.41, 5.74) is -0.722. The third kappa shape index (κ3) is 3.95. The number of aromatic nitrogens is 4. The fourth-order valence-electron chi connectivity index (χ4n) is 3.34. The van der Waals surface area contributed by atoms with Gasteiger partial charge in [0.05, 0.1) is 6.61 Å². The van der Waals surface area contributed by atoms with Gasteiger partial charge in [-0.25, -0.2) is 9.78 Å². The summed E-state index contributed by atoms with van der Waals surface area (Å²) < 4.78 is 8.99. The number of hydrogen-bond donors (Lipinski definition) is 3. The van der Waals surface area contributed by atoms with E-state index in [0.29, 0.717) is 13.0 Å². The van der Waals surface area contributed by atoms with Crippen LogP contribution in [0.3, 0.4) is 0 Å². The van der Waals surface area contributed by atoms with Gasteiger partial charge in [0.15, 0.2) is 11.2 Å². The maximum atomic E-state index is 13.0. The fourth-order valence-corrected chi connectivity index (χ4v) is 3.34. The predicted octanol–water partition coefficient (Wildman–Crippen LogP) is -1.17. The standard InChI is InChI=1S/C18H28N4O7/c1-3-5-7-20-15-12(16(26)21(18(20)27)8-6-4-2)22(10-19-15)29-17-14(25)13(24)11(9-23)28-17/h10-11,13-14,17,23-25H,3-9H2,1-2H3/t11-,13-,14-,17-/m1/s1. The van der Waals surface area contributed by atoms with E-state index in [2.05, 4.69) is 4.98 Å². The molecule has 0 aromatic carbocycles. The van der Waals surface area contributed by atoms with Crippen LogP contribution in [0.15, 0.2) is 15.9 Å². The molecule has 1 saturated heterocycles. The summed E-state index contributed by atoms with van der Waals surface area (Å²) in [6, 6.07) is 0. The average Bonchev–Trinajstić information content (AvgIpc) is 3.24. The summed E-state index contributed by atoms with van der Waals surface area (Å²) in [6.45, 7) is 4.15. The molecule has 3 heterocycles. The summed E-state index contributed by atoms with van der Waals surface area (Å²) in [5, 5.41) is 29.2. The van der Waals surface area contributed by atoms with Gasteiger partial charge in [0.2, 0.25) is 0 Å². The molecular formula is C18H28N4O7. The molecule has 11 heteroatoms. The van der Waals surface area contributed by atoms with Gasteiger partial charge >= 0.3 is 5.69 Å². The van der Waals surface area contributed by atoms with Crippen LogP contribution >= 0.6 is 0 Å². The van der Waals surface area contributed by atoms with Gasteiger partial charge in [-0.2, -0.15) is 4.73 Å². The molecular weight excluding hydrogens is 384 g/mol. The number of ether oxygens (including phenoxy) is 1. The van der Waals surface area contributed by atoms with Crippen LogP contribution in [0.5, 0.6) is 0 Å². The Labute approximate surface area is 166 Å². The molecule has 1 fully saturated rings.